The second kappa shape index (κ2) is 10.4. The summed E-state index contributed by atoms with van der Waals surface area (Å²) in [5, 5.41) is 1.68. The Balaban J connectivity index is 0. The molecule has 0 N–H and O–H groups in total. The zero-order chi connectivity index (χ0) is 12.3. The third-order valence-electron chi connectivity index (χ3n) is 1.37. The van der Waals surface area contributed by atoms with Gasteiger partial charge in [0.2, 0.25) is 0 Å². The van der Waals surface area contributed by atoms with E-state index in [0.29, 0.717) is 13.2 Å². The van der Waals surface area contributed by atoms with Gasteiger partial charge in [-0.3, -0.25) is 4.84 Å². The van der Waals surface area contributed by atoms with Crippen LogP contribution in [-0.4, -0.2) is 44.8 Å². The SMILES string of the molecule is CCOC(C)(C)OCC.CCON(C)C. The lowest BCUT2D eigenvalue weighted by Crippen LogP contribution is -2.28. The van der Waals surface area contributed by atoms with Crippen molar-refractivity contribution in [2.45, 2.75) is 40.4 Å². The van der Waals surface area contributed by atoms with Crippen molar-refractivity contribution >= 4 is 0 Å². The number of nitrogens with zero attached hydrogens (tertiary/aromatic N) is 1. The molecule has 0 rings (SSSR count). The minimum atomic E-state index is -0.399. The van der Waals surface area contributed by atoms with Crippen LogP contribution in [0.15, 0.2) is 0 Å². The zero-order valence-electron chi connectivity index (χ0n) is 11.3. The fourth-order valence-corrected chi connectivity index (χ4v) is 0.995. The van der Waals surface area contributed by atoms with Crippen LogP contribution in [-0.2, 0) is 14.3 Å². The van der Waals surface area contributed by atoms with Gasteiger partial charge in [-0.1, -0.05) is 0 Å². The van der Waals surface area contributed by atoms with E-state index in [1.165, 1.54) is 0 Å². The molecule has 0 unspecified atom stereocenters. The molecule has 0 aromatic rings. The van der Waals surface area contributed by atoms with Crippen LogP contribution in [0, 0.1) is 0 Å². The molecule has 0 fully saturated rings. The van der Waals surface area contributed by atoms with Crippen LogP contribution in [0.2, 0.25) is 0 Å². The van der Waals surface area contributed by atoms with Crippen LogP contribution in [0.3, 0.4) is 0 Å². The van der Waals surface area contributed by atoms with Crippen molar-refractivity contribution in [3.63, 3.8) is 0 Å². The quantitative estimate of drug-likeness (QED) is 0.508. The molecule has 15 heavy (non-hydrogen) atoms. The molecule has 0 aromatic heterocycles. The first kappa shape index (κ1) is 17.2. The molecule has 94 valence electrons. The molecule has 0 saturated carbocycles. The fraction of sp³-hybridized carbons (Fsp3) is 1.00. The average Bonchev–Trinajstić information content (AvgIpc) is 2.03. The van der Waals surface area contributed by atoms with Crippen molar-refractivity contribution in [1.29, 1.82) is 0 Å². The van der Waals surface area contributed by atoms with Crippen LogP contribution >= 0.6 is 0 Å². The molecule has 0 saturated heterocycles. The molecule has 0 heterocycles. The van der Waals surface area contributed by atoms with Gasteiger partial charge in [-0.25, -0.2) is 0 Å². The predicted molar refractivity (Wildman–Crippen MR) is 62.6 cm³/mol. The van der Waals surface area contributed by atoms with Crippen LogP contribution < -0.4 is 0 Å². The molecule has 0 radical (unpaired) electrons. The standard InChI is InChI=1S/C7H16O2.C4H11NO/c1-5-8-7(3,4)9-6-2;1-4-6-5(2)3/h5-6H2,1-4H3;4H2,1-3H3. The Morgan fingerprint density at radius 3 is 1.40 bits per heavy atom. The molecule has 0 spiro atoms. The summed E-state index contributed by atoms with van der Waals surface area (Å²) in [6.07, 6.45) is 0. The van der Waals surface area contributed by atoms with Gasteiger partial charge >= 0.3 is 0 Å². The lowest BCUT2D eigenvalue weighted by molar-refractivity contribution is -0.207. The summed E-state index contributed by atoms with van der Waals surface area (Å²) in [7, 11) is 3.73. The average molecular weight is 221 g/mol. The normalized spacial score (nSPS) is 11.2. The van der Waals surface area contributed by atoms with E-state index in [-0.39, 0.29) is 0 Å². The van der Waals surface area contributed by atoms with Crippen LogP contribution in [0.1, 0.15) is 34.6 Å². The first-order valence-electron chi connectivity index (χ1n) is 5.47. The summed E-state index contributed by atoms with van der Waals surface area (Å²) in [4.78, 5) is 4.88. The second-order valence-electron chi connectivity index (χ2n) is 3.50. The van der Waals surface area contributed by atoms with Gasteiger partial charge in [0.15, 0.2) is 5.79 Å². The Labute approximate surface area is 94.4 Å². The lowest BCUT2D eigenvalue weighted by atomic mass is 10.4. The van der Waals surface area contributed by atoms with E-state index >= 15 is 0 Å². The van der Waals surface area contributed by atoms with E-state index in [1.54, 1.807) is 5.06 Å². The highest BCUT2D eigenvalue weighted by Crippen LogP contribution is 2.09. The molecule has 4 nitrogen and oxygen atoms in total. The summed E-state index contributed by atoms with van der Waals surface area (Å²) in [6, 6.07) is 0. The lowest BCUT2D eigenvalue weighted by Gasteiger charge is -2.23. The summed E-state index contributed by atoms with van der Waals surface area (Å²) < 4.78 is 10.5. The second-order valence-corrected chi connectivity index (χ2v) is 3.50. The van der Waals surface area contributed by atoms with Gasteiger partial charge in [0.05, 0.1) is 6.61 Å². The number of hydrogen-bond donors (Lipinski definition) is 0. The maximum Gasteiger partial charge on any atom is 0.162 e. The van der Waals surface area contributed by atoms with Gasteiger partial charge < -0.3 is 9.47 Å². The molecular weight excluding hydrogens is 194 g/mol. The highest BCUT2D eigenvalue weighted by molar-refractivity contribution is 4.50. The summed E-state index contributed by atoms with van der Waals surface area (Å²) in [6.45, 7) is 11.9. The maximum absolute atomic E-state index is 5.25. The summed E-state index contributed by atoms with van der Waals surface area (Å²) >= 11 is 0. The van der Waals surface area contributed by atoms with Gasteiger partial charge in [0, 0.05) is 27.3 Å². The van der Waals surface area contributed by atoms with Crippen LogP contribution in [0.25, 0.3) is 0 Å². The summed E-state index contributed by atoms with van der Waals surface area (Å²) in [5.41, 5.74) is 0. The van der Waals surface area contributed by atoms with Gasteiger partial charge in [-0.05, 0) is 34.6 Å². The topological polar surface area (TPSA) is 30.9 Å². The van der Waals surface area contributed by atoms with Crippen molar-refractivity contribution in [2.75, 3.05) is 33.9 Å². The Morgan fingerprint density at radius 2 is 1.27 bits per heavy atom. The fourth-order valence-electron chi connectivity index (χ4n) is 0.995. The Bertz CT molecular complexity index is 119. The summed E-state index contributed by atoms with van der Waals surface area (Å²) in [5.74, 6) is -0.399. The minimum absolute atomic E-state index is 0.399. The highest BCUT2D eigenvalue weighted by atomic mass is 16.7. The monoisotopic (exact) mass is 221 g/mol. The predicted octanol–water partition coefficient (Wildman–Crippen LogP) is 2.30. The third kappa shape index (κ3) is 16.5. The first-order chi connectivity index (χ1) is 6.89. The van der Waals surface area contributed by atoms with E-state index in [2.05, 4.69) is 0 Å². The highest BCUT2D eigenvalue weighted by Gasteiger charge is 2.15. The first-order valence-corrected chi connectivity index (χ1v) is 5.47. The van der Waals surface area contributed by atoms with Crippen molar-refractivity contribution in [3.8, 4) is 0 Å². The van der Waals surface area contributed by atoms with Crippen molar-refractivity contribution in [3.05, 3.63) is 0 Å². The van der Waals surface area contributed by atoms with Crippen molar-refractivity contribution < 1.29 is 14.3 Å². The van der Waals surface area contributed by atoms with Crippen LogP contribution in [0.4, 0.5) is 0 Å². The third-order valence-corrected chi connectivity index (χ3v) is 1.37. The van der Waals surface area contributed by atoms with Gasteiger partial charge in [-0.15, -0.1) is 0 Å². The Morgan fingerprint density at radius 1 is 0.867 bits per heavy atom. The van der Waals surface area contributed by atoms with E-state index in [0.717, 1.165) is 6.61 Å². The van der Waals surface area contributed by atoms with E-state index in [4.69, 9.17) is 14.3 Å². The van der Waals surface area contributed by atoms with Gasteiger partial charge in [0.1, 0.15) is 0 Å². The number of rotatable bonds is 6. The van der Waals surface area contributed by atoms with Gasteiger partial charge in [-0.2, -0.15) is 5.06 Å². The number of hydrogen-bond acceptors (Lipinski definition) is 4. The molecule has 0 bridgehead atoms. The molecular formula is C11H27NO3. The molecule has 0 aromatic carbocycles. The molecule has 0 aliphatic rings. The minimum Gasteiger partial charge on any atom is -0.351 e. The van der Waals surface area contributed by atoms with E-state index < -0.39 is 5.79 Å². The molecule has 0 atom stereocenters. The van der Waals surface area contributed by atoms with Crippen molar-refractivity contribution in [1.82, 2.24) is 5.06 Å². The van der Waals surface area contributed by atoms with E-state index in [1.807, 2.05) is 48.7 Å². The Kier molecular flexibility index (Phi) is 11.9. The largest absolute Gasteiger partial charge is 0.351 e. The molecule has 0 amide bonds. The smallest absolute Gasteiger partial charge is 0.162 e. The zero-order valence-corrected chi connectivity index (χ0v) is 11.3. The molecule has 0 aliphatic heterocycles. The van der Waals surface area contributed by atoms with Crippen LogP contribution in [0.5, 0.6) is 0 Å². The van der Waals surface area contributed by atoms with Gasteiger partial charge in [0.25, 0.3) is 0 Å². The number of ether oxygens (including phenoxy) is 2. The molecule has 0 aliphatic carbocycles. The molecule has 4 heteroatoms. The van der Waals surface area contributed by atoms with Crippen molar-refractivity contribution in [2.24, 2.45) is 0 Å². The maximum atomic E-state index is 5.25. The Hall–Kier alpha value is -0.160. The number of hydroxylamine groups is 2. The van der Waals surface area contributed by atoms with E-state index in [9.17, 15) is 0 Å².